The molecule has 13 heteroatoms. The lowest BCUT2D eigenvalue weighted by atomic mass is 10.0. The highest BCUT2D eigenvalue weighted by Crippen LogP contribution is 2.12. The minimum atomic E-state index is -1.44. The van der Waals surface area contributed by atoms with Crippen LogP contribution < -0.4 is 21.7 Å². The minimum absolute atomic E-state index is 0.0282. The summed E-state index contributed by atoms with van der Waals surface area (Å²) in [6, 6.07) is 2.34. The second-order valence-electron chi connectivity index (χ2n) is 7.37. The number of carbonyl (C=O) groups excluding carboxylic acids is 3. The quantitative estimate of drug-likeness (QED) is 0.158. The van der Waals surface area contributed by atoms with Gasteiger partial charge in [-0.2, -0.15) is 11.8 Å². The van der Waals surface area contributed by atoms with Crippen LogP contribution in [0.5, 0.6) is 5.75 Å². The Morgan fingerprint density at radius 1 is 0.912 bits per heavy atom. The maximum Gasteiger partial charge on any atom is 0.326 e. The van der Waals surface area contributed by atoms with Crippen molar-refractivity contribution in [2.45, 2.75) is 43.8 Å². The summed E-state index contributed by atoms with van der Waals surface area (Å²) < 4.78 is 0. The Balaban J connectivity index is 3.00. The standard InChI is InChI=1S/C21H30N4O8S/c1-34-9-8-14(19(30)25-15(21(32)33)6-7-18(28)29)24-20(31)16(23-17(27)11-22)10-12-2-4-13(26)5-3-12/h2-5,14-16,26H,6-11,22H2,1H3,(H,23,27)(H,24,31)(H,25,30)(H,28,29)(H,32,33). The Morgan fingerprint density at radius 2 is 1.50 bits per heavy atom. The minimum Gasteiger partial charge on any atom is -0.508 e. The predicted molar refractivity (Wildman–Crippen MR) is 124 cm³/mol. The molecule has 0 saturated heterocycles. The molecule has 0 saturated carbocycles. The largest absolute Gasteiger partial charge is 0.508 e. The summed E-state index contributed by atoms with van der Waals surface area (Å²) in [7, 11) is 0. The fraction of sp³-hybridized carbons (Fsp3) is 0.476. The van der Waals surface area contributed by atoms with Crippen molar-refractivity contribution in [2.75, 3.05) is 18.6 Å². The number of rotatable bonds is 15. The van der Waals surface area contributed by atoms with Crippen LogP contribution >= 0.6 is 11.8 Å². The third-order valence-corrected chi connectivity index (χ3v) is 5.36. The first-order valence-electron chi connectivity index (χ1n) is 10.4. The van der Waals surface area contributed by atoms with Crippen LogP contribution in [0, 0.1) is 0 Å². The van der Waals surface area contributed by atoms with E-state index in [-0.39, 0.29) is 31.6 Å². The van der Waals surface area contributed by atoms with Crippen molar-refractivity contribution in [3.05, 3.63) is 29.8 Å². The van der Waals surface area contributed by atoms with Crippen LogP contribution in [0.2, 0.25) is 0 Å². The number of phenols is 1. The predicted octanol–water partition coefficient (Wildman–Crippen LogP) is -0.950. The topological polar surface area (TPSA) is 208 Å². The number of nitrogens with one attached hydrogen (secondary N) is 3. The average Bonchev–Trinajstić information content (AvgIpc) is 2.79. The lowest BCUT2D eigenvalue weighted by molar-refractivity contribution is -0.143. The molecule has 0 aromatic heterocycles. The molecule has 0 fully saturated rings. The molecule has 0 aliphatic rings. The zero-order valence-corrected chi connectivity index (χ0v) is 19.5. The van der Waals surface area contributed by atoms with Crippen LogP contribution in [0.3, 0.4) is 0 Å². The molecule has 0 spiro atoms. The van der Waals surface area contributed by atoms with E-state index in [0.717, 1.165) is 0 Å². The smallest absolute Gasteiger partial charge is 0.326 e. The van der Waals surface area contributed by atoms with Gasteiger partial charge in [0.1, 0.15) is 23.9 Å². The number of carbonyl (C=O) groups is 5. The second-order valence-corrected chi connectivity index (χ2v) is 8.35. The SMILES string of the molecule is CSCCC(NC(=O)C(Cc1ccc(O)cc1)NC(=O)CN)C(=O)NC(CCC(=O)O)C(=O)O. The molecule has 3 amide bonds. The van der Waals surface area contributed by atoms with Gasteiger partial charge in [-0.1, -0.05) is 12.1 Å². The zero-order chi connectivity index (χ0) is 25.7. The van der Waals surface area contributed by atoms with E-state index in [1.807, 2.05) is 0 Å². The molecule has 8 N–H and O–H groups in total. The number of thioether (sulfide) groups is 1. The summed E-state index contributed by atoms with van der Waals surface area (Å²) in [6.07, 6.45) is 1.22. The van der Waals surface area contributed by atoms with Crippen molar-refractivity contribution in [3.8, 4) is 5.75 Å². The lowest BCUT2D eigenvalue weighted by Crippen LogP contribution is -2.56. The van der Waals surface area contributed by atoms with Gasteiger partial charge in [-0.25, -0.2) is 4.79 Å². The molecule has 0 aliphatic heterocycles. The molecule has 0 radical (unpaired) electrons. The monoisotopic (exact) mass is 498 g/mol. The third kappa shape index (κ3) is 10.5. The van der Waals surface area contributed by atoms with Gasteiger partial charge in [-0.05, 0) is 42.5 Å². The fourth-order valence-electron chi connectivity index (χ4n) is 2.90. The number of aromatic hydroxyl groups is 1. The molecule has 1 rings (SSSR count). The Morgan fingerprint density at radius 3 is 2.03 bits per heavy atom. The highest BCUT2D eigenvalue weighted by atomic mass is 32.2. The van der Waals surface area contributed by atoms with E-state index in [0.29, 0.717) is 11.3 Å². The number of hydrogen-bond acceptors (Lipinski definition) is 8. The van der Waals surface area contributed by atoms with Gasteiger partial charge in [-0.3, -0.25) is 19.2 Å². The number of benzene rings is 1. The average molecular weight is 499 g/mol. The van der Waals surface area contributed by atoms with E-state index in [9.17, 15) is 34.2 Å². The number of nitrogens with two attached hydrogens (primary N) is 1. The Hall–Kier alpha value is -3.32. The summed E-state index contributed by atoms with van der Waals surface area (Å²) in [4.78, 5) is 59.8. The summed E-state index contributed by atoms with van der Waals surface area (Å²) in [6.45, 7) is -0.361. The Bertz CT molecular complexity index is 865. The van der Waals surface area contributed by atoms with Gasteiger partial charge >= 0.3 is 11.9 Å². The first kappa shape index (κ1) is 28.7. The summed E-state index contributed by atoms with van der Waals surface area (Å²) in [5.74, 6) is -4.18. The lowest BCUT2D eigenvalue weighted by Gasteiger charge is -2.24. The molecule has 0 bridgehead atoms. The van der Waals surface area contributed by atoms with Gasteiger partial charge in [0.05, 0.1) is 6.54 Å². The molecule has 34 heavy (non-hydrogen) atoms. The molecule has 12 nitrogen and oxygen atoms in total. The number of hydrogen-bond donors (Lipinski definition) is 7. The Kier molecular flexibility index (Phi) is 12.5. The number of carboxylic acids is 2. The molecule has 0 aliphatic carbocycles. The fourth-order valence-corrected chi connectivity index (χ4v) is 3.38. The number of amides is 3. The second kappa shape index (κ2) is 14.8. The number of carboxylic acid groups (broad SMARTS) is 2. The van der Waals surface area contributed by atoms with Crippen molar-refractivity contribution in [3.63, 3.8) is 0 Å². The molecule has 1 aromatic rings. The molecule has 3 unspecified atom stereocenters. The highest BCUT2D eigenvalue weighted by Gasteiger charge is 2.29. The van der Waals surface area contributed by atoms with Gasteiger partial charge in [0.15, 0.2) is 0 Å². The van der Waals surface area contributed by atoms with Crippen LogP contribution in [0.25, 0.3) is 0 Å². The molecular formula is C21H30N4O8S. The highest BCUT2D eigenvalue weighted by molar-refractivity contribution is 7.98. The van der Waals surface area contributed by atoms with E-state index in [1.165, 1.54) is 23.9 Å². The molecular weight excluding hydrogens is 468 g/mol. The van der Waals surface area contributed by atoms with Crippen molar-refractivity contribution in [1.82, 2.24) is 16.0 Å². The molecule has 1 aromatic carbocycles. The zero-order valence-electron chi connectivity index (χ0n) is 18.7. The summed E-state index contributed by atoms with van der Waals surface area (Å²) in [5.41, 5.74) is 5.97. The first-order valence-corrected chi connectivity index (χ1v) is 11.8. The van der Waals surface area contributed by atoms with E-state index < -0.39 is 54.2 Å². The van der Waals surface area contributed by atoms with Gasteiger partial charge in [0, 0.05) is 12.8 Å². The van der Waals surface area contributed by atoms with Gasteiger partial charge in [-0.15, -0.1) is 0 Å². The number of aliphatic carboxylic acids is 2. The molecule has 0 heterocycles. The van der Waals surface area contributed by atoms with E-state index in [2.05, 4.69) is 16.0 Å². The maximum atomic E-state index is 13.0. The van der Waals surface area contributed by atoms with Gasteiger partial charge < -0.3 is 37.0 Å². The van der Waals surface area contributed by atoms with Crippen molar-refractivity contribution in [1.29, 1.82) is 0 Å². The normalized spacial score (nSPS) is 13.2. The third-order valence-electron chi connectivity index (χ3n) is 4.72. The van der Waals surface area contributed by atoms with E-state index in [1.54, 1.807) is 18.4 Å². The summed E-state index contributed by atoms with van der Waals surface area (Å²) >= 11 is 1.41. The molecule has 188 valence electrons. The van der Waals surface area contributed by atoms with Crippen LogP contribution in [0.4, 0.5) is 0 Å². The van der Waals surface area contributed by atoms with E-state index >= 15 is 0 Å². The number of phenolic OH excluding ortho intramolecular Hbond substituents is 1. The van der Waals surface area contributed by atoms with Crippen LogP contribution in [-0.4, -0.2) is 81.7 Å². The van der Waals surface area contributed by atoms with Crippen molar-refractivity contribution in [2.24, 2.45) is 5.73 Å². The van der Waals surface area contributed by atoms with Gasteiger partial charge in [0.25, 0.3) is 0 Å². The van der Waals surface area contributed by atoms with Gasteiger partial charge in [0.2, 0.25) is 17.7 Å². The Labute approximate surface area is 200 Å². The van der Waals surface area contributed by atoms with Crippen molar-refractivity contribution < 1.29 is 39.3 Å². The van der Waals surface area contributed by atoms with Crippen LogP contribution in [-0.2, 0) is 30.4 Å². The molecule has 3 atom stereocenters. The van der Waals surface area contributed by atoms with E-state index in [4.69, 9.17) is 10.8 Å². The maximum absolute atomic E-state index is 13.0. The van der Waals surface area contributed by atoms with Crippen molar-refractivity contribution >= 4 is 41.4 Å². The first-order chi connectivity index (χ1) is 16.1. The van der Waals surface area contributed by atoms with Crippen LogP contribution in [0.15, 0.2) is 24.3 Å². The summed E-state index contributed by atoms with van der Waals surface area (Å²) in [5, 5.41) is 34.8. The van der Waals surface area contributed by atoms with Crippen LogP contribution in [0.1, 0.15) is 24.8 Å².